The molecule has 2 aromatic rings. The highest BCUT2D eigenvalue weighted by Crippen LogP contribution is 2.18. The molecule has 0 saturated carbocycles. The van der Waals surface area contributed by atoms with Gasteiger partial charge in [0.25, 0.3) is 0 Å². The van der Waals surface area contributed by atoms with Crippen LogP contribution in [0.1, 0.15) is 0 Å². The Morgan fingerprint density at radius 3 is 1.75 bits per heavy atom. The minimum Gasteiger partial charge on any atom is -0.497 e. The van der Waals surface area contributed by atoms with Gasteiger partial charge in [-0.2, -0.15) is 0 Å². The van der Waals surface area contributed by atoms with Crippen molar-refractivity contribution in [2.24, 2.45) is 0 Å². The number of hydrogen-bond donors (Lipinski definition) is 0. The average Bonchev–Trinajstić information content (AvgIpc) is 2.53. The topological polar surface area (TPSA) is 15.7 Å². The van der Waals surface area contributed by atoms with Crippen LogP contribution >= 0.6 is 0 Å². The van der Waals surface area contributed by atoms with Crippen LogP contribution in [0, 0.1) is 0 Å². The number of hydrogen-bond acceptors (Lipinski definition) is 3. The van der Waals surface area contributed by atoms with Crippen molar-refractivity contribution in [2.45, 2.75) is 0 Å². The van der Waals surface area contributed by atoms with E-state index in [0.717, 1.165) is 18.8 Å². The normalized spacial score (nSPS) is 10.2. The van der Waals surface area contributed by atoms with Crippen molar-refractivity contribution in [2.75, 3.05) is 44.1 Å². The predicted molar refractivity (Wildman–Crippen MR) is 86.0 cm³/mol. The van der Waals surface area contributed by atoms with E-state index in [4.69, 9.17) is 4.74 Å². The molecule has 0 radical (unpaired) electrons. The molecule has 0 amide bonds. The number of nitrogens with zero attached hydrogens (tertiary/aromatic N) is 2. The van der Waals surface area contributed by atoms with Gasteiger partial charge in [0, 0.05) is 38.6 Å². The fraction of sp³-hybridized carbons (Fsp3) is 0.294. The highest BCUT2D eigenvalue weighted by Gasteiger charge is 2.04. The molecule has 0 saturated heterocycles. The van der Waals surface area contributed by atoms with Crippen LogP contribution in [0.3, 0.4) is 0 Å². The molecule has 0 spiro atoms. The van der Waals surface area contributed by atoms with Crippen molar-refractivity contribution in [1.82, 2.24) is 0 Å². The third-order valence-corrected chi connectivity index (χ3v) is 3.48. The molecule has 0 bridgehead atoms. The van der Waals surface area contributed by atoms with Gasteiger partial charge >= 0.3 is 0 Å². The lowest BCUT2D eigenvalue weighted by Crippen LogP contribution is -2.30. The van der Waals surface area contributed by atoms with Crippen LogP contribution in [0.25, 0.3) is 0 Å². The lowest BCUT2D eigenvalue weighted by Gasteiger charge is -2.25. The second kappa shape index (κ2) is 6.85. The summed E-state index contributed by atoms with van der Waals surface area (Å²) < 4.78 is 5.18. The van der Waals surface area contributed by atoms with Crippen molar-refractivity contribution < 1.29 is 4.74 Å². The average molecular weight is 270 g/mol. The molecular formula is C17H22N2O. The Morgan fingerprint density at radius 1 is 0.750 bits per heavy atom. The summed E-state index contributed by atoms with van der Waals surface area (Å²) in [4.78, 5) is 4.51. The first-order valence-corrected chi connectivity index (χ1v) is 6.82. The van der Waals surface area contributed by atoms with Gasteiger partial charge in [0.2, 0.25) is 0 Å². The van der Waals surface area contributed by atoms with Crippen LogP contribution in [0.15, 0.2) is 54.6 Å². The summed E-state index contributed by atoms with van der Waals surface area (Å²) in [6, 6.07) is 18.6. The van der Waals surface area contributed by atoms with E-state index >= 15 is 0 Å². The number of benzene rings is 2. The molecule has 0 aliphatic heterocycles. The maximum atomic E-state index is 5.18. The summed E-state index contributed by atoms with van der Waals surface area (Å²) in [5.41, 5.74) is 2.45. The minimum absolute atomic E-state index is 0.892. The molecule has 0 atom stereocenters. The van der Waals surface area contributed by atoms with E-state index in [-0.39, 0.29) is 0 Å². The van der Waals surface area contributed by atoms with Crippen LogP contribution < -0.4 is 14.5 Å². The summed E-state index contributed by atoms with van der Waals surface area (Å²) in [6.45, 7) is 1.95. The lowest BCUT2D eigenvalue weighted by atomic mass is 10.2. The summed E-state index contributed by atoms with van der Waals surface area (Å²) in [6.07, 6.45) is 0. The largest absolute Gasteiger partial charge is 0.497 e. The van der Waals surface area contributed by atoms with E-state index in [1.165, 1.54) is 11.4 Å². The number of methoxy groups -OCH3 is 1. The van der Waals surface area contributed by atoms with Gasteiger partial charge in [0.15, 0.2) is 0 Å². The Morgan fingerprint density at radius 2 is 1.25 bits per heavy atom. The fourth-order valence-electron chi connectivity index (χ4n) is 2.08. The van der Waals surface area contributed by atoms with E-state index in [2.05, 4.69) is 60.3 Å². The summed E-state index contributed by atoms with van der Waals surface area (Å²) in [5, 5.41) is 0. The number of rotatable bonds is 6. The van der Waals surface area contributed by atoms with Crippen LogP contribution in [0.4, 0.5) is 11.4 Å². The van der Waals surface area contributed by atoms with Crippen LogP contribution in [-0.4, -0.2) is 34.3 Å². The number of ether oxygens (including phenoxy) is 1. The number of likely N-dealkylation sites (N-methyl/N-ethyl adjacent to an activating group) is 2. The van der Waals surface area contributed by atoms with Gasteiger partial charge in [0.05, 0.1) is 7.11 Å². The van der Waals surface area contributed by atoms with Gasteiger partial charge in [-0.25, -0.2) is 0 Å². The quantitative estimate of drug-likeness (QED) is 0.801. The predicted octanol–water partition coefficient (Wildman–Crippen LogP) is 3.27. The van der Waals surface area contributed by atoms with Crippen molar-refractivity contribution in [3.63, 3.8) is 0 Å². The standard InChI is InChI=1S/C17H22N2O/c1-18(15-7-5-4-6-8-15)13-14-19(2)16-9-11-17(20-3)12-10-16/h4-12H,13-14H2,1-3H3. The van der Waals surface area contributed by atoms with Gasteiger partial charge in [0.1, 0.15) is 5.75 Å². The molecule has 106 valence electrons. The molecule has 20 heavy (non-hydrogen) atoms. The second-order valence-corrected chi connectivity index (χ2v) is 4.88. The van der Waals surface area contributed by atoms with Crippen LogP contribution in [0.5, 0.6) is 5.75 Å². The molecule has 0 unspecified atom stereocenters. The molecule has 3 heteroatoms. The van der Waals surface area contributed by atoms with Crippen LogP contribution in [0.2, 0.25) is 0 Å². The molecule has 3 nitrogen and oxygen atoms in total. The maximum Gasteiger partial charge on any atom is 0.119 e. The molecular weight excluding hydrogens is 248 g/mol. The van der Waals surface area contributed by atoms with E-state index in [0.29, 0.717) is 0 Å². The first-order chi connectivity index (χ1) is 9.70. The Balaban J connectivity index is 1.89. The van der Waals surface area contributed by atoms with Gasteiger partial charge in [-0.05, 0) is 36.4 Å². The van der Waals surface area contributed by atoms with Gasteiger partial charge < -0.3 is 14.5 Å². The summed E-state index contributed by atoms with van der Waals surface area (Å²) in [5.74, 6) is 0.892. The highest BCUT2D eigenvalue weighted by atomic mass is 16.5. The molecule has 0 aliphatic rings. The highest BCUT2D eigenvalue weighted by molar-refractivity contribution is 5.49. The maximum absolute atomic E-state index is 5.18. The van der Waals surface area contributed by atoms with Crippen LogP contribution in [-0.2, 0) is 0 Å². The lowest BCUT2D eigenvalue weighted by molar-refractivity contribution is 0.415. The number of anilines is 2. The van der Waals surface area contributed by atoms with Crippen molar-refractivity contribution in [3.05, 3.63) is 54.6 Å². The smallest absolute Gasteiger partial charge is 0.119 e. The zero-order chi connectivity index (χ0) is 14.4. The molecule has 0 N–H and O–H groups in total. The molecule has 2 rings (SSSR count). The summed E-state index contributed by atoms with van der Waals surface area (Å²) >= 11 is 0. The third-order valence-electron chi connectivity index (χ3n) is 3.48. The van der Waals surface area contributed by atoms with Gasteiger partial charge in [-0.3, -0.25) is 0 Å². The van der Waals surface area contributed by atoms with Gasteiger partial charge in [-0.1, -0.05) is 18.2 Å². The van der Waals surface area contributed by atoms with E-state index in [9.17, 15) is 0 Å². The van der Waals surface area contributed by atoms with Gasteiger partial charge in [-0.15, -0.1) is 0 Å². The Kier molecular flexibility index (Phi) is 4.88. The first-order valence-electron chi connectivity index (χ1n) is 6.82. The molecule has 2 aromatic carbocycles. The Hall–Kier alpha value is -2.16. The zero-order valence-corrected chi connectivity index (χ0v) is 12.4. The van der Waals surface area contributed by atoms with E-state index in [1.807, 2.05) is 18.2 Å². The van der Waals surface area contributed by atoms with E-state index in [1.54, 1.807) is 7.11 Å². The van der Waals surface area contributed by atoms with Crippen molar-refractivity contribution in [1.29, 1.82) is 0 Å². The minimum atomic E-state index is 0.892. The monoisotopic (exact) mass is 270 g/mol. The third kappa shape index (κ3) is 3.67. The zero-order valence-electron chi connectivity index (χ0n) is 12.4. The molecule has 0 aromatic heterocycles. The summed E-state index contributed by atoms with van der Waals surface area (Å²) in [7, 11) is 5.92. The Bertz CT molecular complexity index is 510. The van der Waals surface area contributed by atoms with E-state index < -0.39 is 0 Å². The molecule has 0 heterocycles. The fourth-order valence-corrected chi connectivity index (χ4v) is 2.08. The molecule has 0 aliphatic carbocycles. The second-order valence-electron chi connectivity index (χ2n) is 4.88. The van der Waals surface area contributed by atoms with Crippen molar-refractivity contribution >= 4 is 11.4 Å². The van der Waals surface area contributed by atoms with Crippen molar-refractivity contribution in [3.8, 4) is 5.75 Å². The molecule has 0 fully saturated rings. The first kappa shape index (κ1) is 14.3. The Labute approximate surface area is 121 Å². The number of para-hydroxylation sites is 1. The SMILES string of the molecule is COc1ccc(N(C)CCN(C)c2ccccc2)cc1.